The highest BCUT2D eigenvalue weighted by Gasteiger charge is 2.18. The molecule has 0 aliphatic carbocycles. The molecule has 2 aromatic heterocycles. The van der Waals surface area contributed by atoms with Crippen LogP contribution in [0.1, 0.15) is 33.4 Å². The number of nitrogens with one attached hydrogen (secondary N) is 3. The monoisotopic (exact) mass is 406 g/mol. The molecule has 0 saturated heterocycles. The van der Waals surface area contributed by atoms with Crippen LogP contribution < -0.4 is 16.0 Å². The van der Waals surface area contributed by atoms with Gasteiger partial charge in [0.1, 0.15) is 11.8 Å². The Kier molecular flexibility index (Phi) is 6.59. The fraction of sp³-hybridized carbons (Fsp3) is 0.182. The molecular weight excluding hydrogens is 384 g/mol. The van der Waals surface area contributed by atoms with E-state index in [1.54, 1.807) is 43.6 Å². The second kappa shape index (κ2) is 9.51. The second-order valence-electron chi connectivity index (χ2n) is 6.59. The van der Waals surface area contributed by atoms with E-state index >= 15 is 0 Å². The zero-order valence-corrected chi connectivity index (χ0v) is 16.6. The number of likely N-dealkylation sites (N-methyl/N-ethyl adjacent to an activating group) is 1. The third-order valence-electron chi connectivity index (χ3n) is 4.42. The van der Waals surface area contributed by atoms with Crippen LogP contribution in [0, 0.1) is 0 Å². The first-order valence-corrected chi connectivity index (χ1v) is 9.37. The molecule has 0 aliphatic rings. The summed E-state index contributed by atoms with van der Waals surface area (Å²) in [7, 11) is 1.50. The van der Waals surface area contributed by atoms with E-state index in [1.165, 1.54) is 7.05 Å². The van der Waals surface area contributed by atoms with Gasteiger partial charge < -0.3 is 20.4 Å². The lowest BCUT2D eigenvalue weighted by Crippen LogP contribution is -2.43. The summed E-state index contributed by atoms with van der Waals surface area (Å²) in [6.07, 6.45) is 3.13. The maximum absolute atomic E-state index is 12.3. The van der Waals surface area contributed by atoms with Crippen molar-refractivity contribution in [2.24, 2.45) is 0 Å². The number of rotatable bonds is 7. The predicted octanol–water partition coefficient (Wildman–Crippen LogP) is 2.14. The molecule has 3 rings (SSSR count). The Balaban J connectivity index is 1.65. The summed E-state index contributed by atoms with van der Waals surface area (Å²) in [4.78, 5) is 39.9. The van der Waals surface area contributed by atoms with Crippen molar-refractivity contribution in [1.82, 2.24) is 20.9 Å². The normalized spacial score (nSPS) is 11.4. The van der Waals surface area contributed by atoms with Crippen LogP contribution in [-0.4, -0.2) is 35.8 Å². The van der Waals surface area contributed by atoms with Crippen LogP contribution in [-0.2, 0) is 11.3 Å². The maximum Gasteiger partial charge on any atom is 0.287 e. The first kappa shape index (κ1) is 20.8. The van der Waals surface area contributed by atoms with Crippen molar-refractivity contribution in [3.8, 4) is 11.3 Å². The van der Waals surface area contributed by atoms with Crippen molar-refractivity contribution in [3.63, 3.8) is 0 Å². The minimum atomic E-state index is -0.677. The molecular formula is C22H22N4O4. The van der Waals surface area contributed by atoms with Crippen molar-refractivity contribution < 1.29 is 18.8 Å². The van der Waals surface area contributed by atoms with E-state index in [0.717, 1.165) is 11.1 Å². The lowest BCUT2D eigenvalue weighted by atomic mass is 10.1. The number of aromatic nitrogens is 1. The largest absolute Gasteiger partial charge is 0.451 e. The number of benzene rings is 1. The van der Waals surface area contributed by atoms with Crippen molar-refractivity contribution >= 4 is 17.7 Å². The van der Waals surface area contributed by atoms with Crippen LogP contribution in [0.4, 0.5) is 0 Å². The lowest BCUT2D eigenvalue weighted by Gasteiger charge is -2.10. The van der Waals surface area contributed by atoms with Crippen LogP contribution in [0.5, 0.6) is 0 Å². The molecule has 0 bridgehead atoms. The number of furan rings is 1. The fourth-order valence-corrected chi connectivity index (χ4v) is 2.79. The van der Waals surface area contributed by atoms with Crippen LogP contribution in [0.15, 0.2) is 65.3 Å². The predicted molar refractivity (Wildman–Crippen MR) is 111 cm³/mol. The van der Waals surface area contributed by atoms with Crippen LogP contribution >= 0.6 is 0 Å². The number of nitrogens with zero attached hydrogens (tertiary/aromatic N) is 1. The van der Waals surface area contributed by atoms with Crippen molar-refractivity contribution in [2.45, 2.75) is 19.5 Å². The Labute approximate surface area is 173 Å². The quantitative estimate of drug-likeness (QED) is 0.556. The Morgan fingerprint density at radius 1 is 1.03 bits per heavy atom. The highest BCUT2D eigenvalue weighted by molar-refractivity contribution is 5.96. The van der Waals surface area contributed by atoms with E-state index in [2.05, 4.69) is 20.9 Å². The third kappa shape index (κ3) is 5.11. The SMILES string of the molecule is CNC(=O)C(C)NC(=O)c1ccc(-c2cccc(CNC(=O)c3ccncc3)c2)o1. The molecule has 3 amide bonds. The van der Waals surface area contributed by atoms with Gasteiger partial charge in [-0.2, -0.15) is 0 Å². The van der Waals surface area contributed by atoms with Gasteiger partial charge in [-0.3, -0.25) is 19.4 Å². The maximum atomic E-state index is 12.3. The molecule has 8 heteroatoms. The molecule has 0 aliphatic heterocycles. The summed E-state index contributed by atoms with van der Waals surface area (Å²) in [5.41, 5.74) is 2.18. The fourth-order valence-electron chi connectivity index (χ4n) is 2.79. The molecule has 0 saturated carbocycles. The van der Waals surface area contributed by atoms with E-state index in [4.69, 9.17) is 4.42 Å². The average molecular weight is 406 g/mol. The van der Waals surface area contributed by atoms with E-state index in [9.17, 15) is 14.4 Å². The van der Waals surface area contributed by atoms with Crippen molar-refractivity contribution in [3.05, 3.63) is 77.8 Å². The average Bonchev–Trinajstić information content (AvgIpc) is 3.28. The summed E-state index contributed by atoms with van der Waals surface area (Å²) < 4.78 is 5.66. The molecule has 0 spiro atoms. The molecule has 3 N–H and O–H groups in total. The second-order valence-corrected chi connectivity index (χ2v) is 6.59. The van der Waals surface area contributed by atoms with Gasteiger partial charge in [0, 0.05) is 37.1 Å². The van der Waals surface area contributed by atoms with Gasteiger partial charge in [-0.15, -0.1) is 0 Å². The van der Waals surface area contributed by atoms with E-state index in [1.807, 2.05) is 24.3 Å². The van der Waals surface area contributed by atoms with Gasteiger partial charge in [-0.1, -0.05) is 18.2 Å². The van der Waals surface area contributed by atoms with Crippen LogP contribution in [0.25, 0.3) is 11.3 Å². The number of carbonyl (C=O) groups excluding carboxylic acids is 3. The molecule has 2 heterocycles. The molecule has 8 nitrogen and oxygen atoms in total. The summed E-state index contributed by atoms with van der Waals surface area (Å²) in [6.45, 7) is 1.93. The Morgan fingerprint density at radius 3 is 2.53 bits per heavy atom. The van der Waals surface area contributed by atoms with Gasteiger partial charge in [-0.05, 0) is 42.8 Å². The zero-order valence-electron chi connectivity index (χ0n) is 16.6. The highest BCUT2D eigenvalue weighted by Crippen LogP contribution is 2.23. The molecule has 0 fully saturated rings. The number of hydrogen-bond acceptors (Lipinski definition) is 5. The first-order chi connectivity index (χ1) is 14.5. The van der Waals surface area contributed by atoms with Crippen LogP contribution in [0.2, 0.25) is 0 Å². The molecule has 1 atom stereocenters. The number of hydrogen-bond donors (Lipinski definition) is 3. The molecule has 0 radical (unpaired) electrons. The van der Waals surface area contributed by atoms with E-state index in [-0.39, 0.29) is 17.6 Å². The Morgan fingerprint density at radius 2 is 1.80 bits per heavy atom. The summed E-state index contributed by atoms with van der Waals surface area (Å²) >= 11 is 0. The minimum absolute atomic E-state index is 0.108. The van der Waals surface area contributed by atoms with Gasteiger partial charge in [0.25, 0.3) is 11.8 Å². The Hall–Kier alpha value is -3.94. The van der Waals surface area contributed by atoms with Gasteiger partial charge in [-0.25, -0.2) is 0 Å². The summed E-state index contributed by atoms with van der Waals surface area (Å²) in [6, 6.07) is 13.3. The number of pyridine rings is 1. The molecule has 154 valence electrons. The van der Waals surface area contributed by atoms with E-state index in [0.29, 0.717) is 17.9 Å². The molecule has 30 heavy (non-hydrogen) atoms. The van der Waals surface area contributed by atoms with Gasteiger partial charge in [0.2, 0.25) is 5.91 Å². The van der Waals surface area contributed by atoms with Gasteiger partial charge >= 0.3 is 0 Å². The van der Waals surface area contributed by atoms with Crippen LogP contribution in [0.3, 0.4) is 0 Å². The third-order valence-corrected chi connectivity index (χ3v) is 4.42. The topological polar surface area (TPSA) is 113 Å². The Bertz CT molecular complexity index is 1050. The summed E-state index contributed by atoms with van der Waals surface area (Å²) in [5, 5.41) is 7.90. The molecule has 3 aromatic rings. The zero-order chi connectivity index (χ0) is 21.5. The molecule has 1 aromatic carbocycles. The highest BCUT2D eigenvalue weighted by atomic mass is 16.4. The van der Waals surface area contributed by atoms with E-state index < -0.39 is 11.9 Å². The first-order valence-electron chi connectivity index (χ1n) is 9.37. The lowest BCUT2D eigenvalue weighted by molar-refractivity contribution is -0.122. The standard InChI is InChI=1S/C22H22N4O4/c1-14(20(27)23-2)26-22(29)19-7-6-18(30-19)17-5-3-4-15(12-17)13-25-21(28)16-8-10-24-11-9-16/h3-12,14H,13H2,1-2H3,(H,23,27)(H,25,28)(H,26,29). The smallest absolute Gasteiger partial charge is 0.287 e. The number of carbonyl (C=O) groups is 3. The minimum Gasteiger partial charge on any atom is -0.451 e. The molecule has 1 unspecified atom stereocenters. The number of amides is 3. The van der Waals surface area contributed by atoms with Crippen molar-refractivity contribution in [2.75, 3.05) is 7.05 Å². The van der Waals surface area contributed by atoms with Gasteiger partial charge in [0.15, 0.2) is 5.76 Å². The van der Waals surface area contributed by atoms with Gasteiger partial charge in [0.05, 0.1) is 0 Å². The summed E-state index contributed by atoms with van der Waals surface area (Å²) in [5.74, 6) is -0.341. The van der Waals surface area contributed by atoms with Crippen molar-refractivity contribution in [1.29, 1.82) is 0 Å².